The Bertz CT molecular complexity index is 583. The minimum Gasteiger partial charge on any atom is -0.496 e. The molecule has 3 N–H and O–H groups in total. The molecule has 1 aliphatic heterocycles. The molecule has 1 aliphatic rings. The zero-order chi connectivity index (χ0) is 15.5. The van der Waals surface area contributed by atoms with Crippen LogP contribution in [0.5, 0.6) is 5.75 Å². The predicted octanol–water partition coefficient (Wildman–Crippen LogP) is 1.000. The second-order valence-corrected chi connectivity index (χ2v) is 6.85. The highest BCUT2D eigenvalue weighted by molar-refractivity contribution is 7.89. The lowest BCUT2D eigenvalue weighted by molar-refractivity contribution is 0.0902. The van der Waals surface area contributed by atoms with E-state index < -0.39 is 10.0 Å². The number of hydrogen-bond donors (Lipinski definition) is 2. The minimum atomic E-state index is -3.60. The van der Waals surface area contributed by atoms with E-state index in [1.807, 2.05) is 6.92 Å². The van der Waals surface area contributed by atoms with Crippen molar-refractivity contribution in [2.24, 2.45) is 5.73 Å². The number of nitrogens with one attached hydrogen (secondary N) is 1. The molecule has 0 bridgehead atoms. The van der Waals surface area contributed by atoms with Gasteiger partial charge in [0.15, 0.2) is 0 Å². The van der Waals surface area contributed by atoms with Crippen LogP contribution < -0.4 is 15.2 Å². The first-order valence-electron chi connectivity index (χ1n) is 6.99. The highest BCUT2D eigenvalue weighted by atomic mass is 32.2. The molecule has 0 spiro atoms. The molecule has 1 aromatic carbocycles. The zero-order valence-electron chi connectivity index (χ0n) is 12.3. The van der Waals surface area contributed by atoms with E-state index in [1.165, 1.54) is 13.2 Å². The van der Waals surface area contributed by atoms with Crippen molar-refractivity contribution in [2.75, 3.05) is 13.7 Å². The summed E-state index contributed by atoms with van der Waals surface area (Å²) in [5.74, 6) is 0.587. The SMILES string of the molecule is COc1ccc(S(=O)(=O)NC(C)C2CCCO2)cc1CN. The Balaban J connectivity index is 2.18. The summed E-state index contributed by atoms with van der Waals surface area (Å²) in [6, 6.07) is 4.42. The van der Waals surface area contributed by atoms with Crippen molar-refractivity contribution in [1.82, 2.24) is 4.72 Å². The van der Waals surface area contributed by atoms with Gasteiger partial charge in [0, 0.05) is 24.8 Å². The first kappa shape index (κ1) is 16.2. The fourth-order valence-corrected chi connectivity index (χ4v) is 3.79. The molecule has 0 saturated carbocycles. The van der Waals surface area contributed by atoms with E-state index in [1.54, 1.807) is 12.1 Å². The van der Waals surface area contributed by atoms with Crippen molar-refractivity contribution in [2.45, 2.75) is 43.4 Å². The Morgan fingerprint density at radius 2 is 2.29 bits per heavy atom. The molecule has 7 heteroatoms. The average molecular weight is 314 g/mol. The normalized spacial score (nSPS) is 20.4. The largest absolute Gasteiger partial charge is 0.496 e. The molecule has 6 nitrogen and oxygen atoms in total. The van der Waals surface area contributed by atoms with Gasteiger partial charge >= 0.3 is 0 Å². The van der Waals surface area contributed by atoms with Crippen LogP contribution in [0, 0.1) is 0 Å². The van der Waals surface area contributed by atoms with E-state index in [4.69, 9.17) is 15.2 Å². The lowest BCUT2D eigenvalue weighted by Crippen LogP contribution is -2.40. The van der Waals surface area contributed by atoms with Gasteiger partial charge in [0.2, 0.25) is 10.0 Å². The minimum absolute atomic E-state index is 0.0630. The predicted molar refractivity (Wildman–Crippen MR) is 79.6 cm³/mol. The molecule has 1 fully saturated rings. The maximum absolute atomic E-state index is 12.4. The monoisotopic (exact) mass is 314 g/mol. The van der Waals surface area contributed by atoms with Crippen molar-refractivity contribution in [3.8, 4) is 5.75 Å². The summed E-state index contributed by atoms with van der Waals surface area (Å²) >= 11 is 0. The van der Waals surface area contributed by atoms with E-state index in [0.717, 1.165) is 12.8 Å². The van der Waals surface area contributed by atoms with Crippen molar-refractivity contribution in [3.63, 3.8) is 0 Å². The van der Waals surface area contributed by atoms with Crippen LogP contribution in [-0.4, -0.2) is 34.3 Å². The Hall–Kier alpha value is -1.15. The zero-order valence-corrected chi connectivity index (χ0v) is 13.2. The Morgan fingerprint density at radius 1 is 1.52 bits per heavy atom. The molecule has 1 heterocycles. The van der Waals surface area contributed by atoms with Crippen LogP contribution in [0.2, 0.25) is 0 Å². The van der Waals surface area contributed by atoms with Gasteiger partial charge in [-0.15, -0.1) is 0 Å². The van der Waals surface area contributed by atoms with Crippen LogP contribution in [0.4, 0.5) is 0 Å². The molecule has 0 aromatic heterocycles. The van der Waals surface area contributed by atoms with Crippen LogP contribution in [-0.2, 0) is 21.3 Å². The molecule has 2 atom stereocenters. The number of nitrogens with two attached hydrogens (primary N) is 1. The second kappa shape index (κ2) is 6.74. The van der Waals surface area contributed by atoms with E-state index >= 15 is 0 Å². The second-order valence-electron chi connectivity index (χ2n) is 5.14. The standard InChI is InChI=1S/C14H22N2O4S/c1-10(13-4-3-7-20-13)16-21(17,18)12-5-6-14(19-2)11(8-12)9-15/h5-6,8,10,13,16H,3-4,7,9,15H2,1-2H3. The fourth-order valence-electron chi connectivity index (χ4n) is 2.47. The van der Waals surface area contributed by atoms with Crippen LogP contribution in [0.1, 0.15) is 25.3 Å². The third-order valence-electron chi connectivity index (χ3n) is 3.65. The molecule has 1 saturated heterocycles. The molecule has 0 radical (unpaired) electrons. The number of methoxy groups -OCH3 is 1. The highest BCUT2D eigenvalue weighted by Crippen LogP contribution is 2.23. The summed E-state index contributed by atoms with van der Waals surface area (Å²) in [6.07, 6.45) is 1.78. The maximum atomic E-state index is 12.4. The third kappa shape index (κ3) is 3.74. The van der Waals surface area contributed by atoms with Crippen molar-refractivity contribution >= 4 is 10.0 Å². The third-order valence-corrected chi connectivity index (χ3v) is 5.20. The van der Waals surface area contributed by atoms with E-state index in [0.29, 0.717) is 17.9 Å². The van der Waals surface area contributed by atoms with Gasteiger partial charge in [-0.1, -0.05) is 0 Å². The lowest BCUT2D eigenvalue weighted by Gasteiger charge is -2.20. The summed E-state index contributed by atoms with van der Waals surface area (Å²) in [6.45, 7) is 2.73. The summed E-state index contributed by atoms with van der Waals surface area (Å²) in [4.78, 5) is 0.189. The van der Waals surface area contributed by atoms with Crippen molar-refractivity contribution in [1.29, 1.82) is 0 Å². The van der Waals surface area contributed by atoms with E-state index in [-0.39, 0.29) is 23.6 Å². The number of rotatable bonds is 6. The first-order chi connectivity index (χ1) is 9.97. The van der Waals surface area contributed by atoms with Crippen LogP contribution in [0.25, 0.3) is 0 Å². The molecule has 0 amide bonds. The highest BCUT2D eigenvalue weighted by Gasteiger charge is 2.27. The quantitative estimate of drug-likeness (QED) is 0.817. The van der Waals surface area contributed by atoms with Gasteiger partial charge in [0.25, 0.3) is 0 Å². The van der Waals surface area contributed by atoms with Gasteiger partial charge in [-0.3, -0.25) is 0 Å². The first-order valence-corrected chi connectivity index (χ1v) is 8.47. The van der Waals surface area contributed by atoms with E-state index in [2.05, 4.69) is 4.72 Å². The fraction of sp³-hybridized carbons (Fsp3) is 0.571. The molecule has 2 rings (SSSR count). The molecule has 0 aliphatic carbocycles. The maximum Gasteiger partial charge on any atom is 0.240 e. The van der Waals surface area contributed by atoms with Gasteiger partial charge < -0.3 is 15.2 Å². The van der Waals surface area contributed by atoms with Gasteiger partial charge in [0.1, 0.15) is 5.75 Å². The number of ether oxygens (including phenoxy) is 2. The van der Waals surface area contributed by atoms with Gasteiger partial charge in [-0.2, -0.15) is 0 Å². The van der Waals surface area contributed by atoms with Crippen molar-refractivity contribution in [3.05, 3.63) is 23.8 Å². The number of sulfonamides is 1. The number of benzene rings is 1. The average Bonchev–Trinajstić information content (AvgIpc) is 3.00. The summed E-state index contributed by atoms with van der Waals surface area (Å²) in [7, 11) is -2.07. The lowest BCUT2D eigenvalue weighted by atomic mass is 10.1. The summed E-state index contributed by atoms with van der Waals surface area (Å²) < 4.78 is 38.2. The van der Waals surface area contributed by atoms with Gasteiger partial charge in [-0.25, -0.2) is 13.1 Å². The summed E-state index contributed by atoms with van der Waals surface area (Å²) in [5, 5.41) is 0. The Labute approximate surface area is 125 Å². The molecule has 1 aromatic rings. The molecule has 2 unspecified atom stereocenters. The smallest absolute Gasteiger partial charge is 0.240 e. The topological polar surface area (TPSA) is 90.7 Å². The Kier molecular flexibility index (Phi) is 5.21. The van der Waals surface area contributed by atoms with E-state index in [9.17, 15) is 8.42 Å². The molecule has 21 heavy (non-hydrogen) atoms. The molecule has 118 valence electrons. The molecular weight excluding hydrogens is 292 g/mol. The van der Waals surface area contributed by atoms with Gasteiger partial charge in [-0.05, 0) is 38.0 Å². The summed E-state index contributed by atoms with van der Waals surface area (Å²) in [5.41, 5.74) is 6.28. The van der Waals surface area contributed by atoms with Crippen LogP contribution in [0.3, 0.4) is 0 Å². The Morgan fingerprint density at radius 3 is 2.86 bits per heavy atom. The van der Waals surface area contributed by atoms with Gasteiger partial charge in [0.05, 0.1) is 18.1 Å². The molecular formula is C14H22N2O4S. The van der Waals surface area contributed by atoms with Crippen molar-refractivity contribution < 1.29 is 17.9 Å². The van der Waals surface area contributed by atoms with Crippen LogP contribution in [0.15, 0.2) is 23.1 Å². The number of hydrogen-bond acceptors (Lipinski definition) is 5. The van der Waals surface area contributed by atoms with Crippen LogP contribution >= 0.6 is 0 Å².